The smallest absolute Gasteiger partial charge is 0.145 e. The molecule has 19 heavy (non-hydrogen) atoms. The summed E-state index contributed by atoms with van der Waals surface area (Å²) in [5, 5.41) is 19.2. The van der Waals surface area contributed by atoms with Gasteiger partial charge in [0, 0.05) is 17.8 Å². The summed E-state index contributed by atoms with van der Waals surface area (Å²) in [6.45, 7) is 6.24. The standard InChI is InChI=1S/C15H19FN2O/c1-4-13-15(3,19)7-8-18(13)12-6-5-11(9-17)14(16)10(12)2/h5-6,13,19H,4,7-8H2,1-3H3. The Bertz CT molecular complexity index is 534. The molecule has 0 saturated carbocycles. The number of anilines is 1. The van der Waals surface area contributed by atoms with Crippen LogP contribution in [0.25, 0.3) is 0 Å². The van der Waals surface area contributed by atoms with Crippen molar-refractivity contribution in [2.45, 2.75) is 45.3 Å². The van der Waals surface area contributed by atoms with Crippen LogP contribution >= 0.6 is 0 Å². The van der Waals surface area contributed by atoms with Crippen LogP contribution in [0, 0.1) is 24.1 Å². The second-order valence-electron chi connectivity index (χ2n) is 5.41. The van der Waals surface area contributed by atoms with Gasteiger partial charge in [0.25, 0.3) is 0 Å². The van der Waals surface area contributed by atoms with E-state index in [1.807, 2.05) is 19.9 Å². The van der Waals surface area contributed by atoms with Gasteiger partial charge in [-0.2, -0.15) is 5.26 Å². The molecule has 0 spiro atoms. The minimum Gasteiger partial charge on any atom is -0.388 e. The topological polar surface area (TPSA) is 47.3 Å². The highest BCUT2D eigenvalue weighted by atomic mass is 19.1. The molecule has 4 heteroatoms. The maximum atomic E-state index is 14.0. The molecule has 2 rings (SSSR count). The van der Waals surface area contributed by atoms with E-state index in [1.54, 1.807) is 13.0 Å². The minimum atomic E-state index is -0.744. The number of hydrogen-bond donors (Lipinski definition) is 1. The molecular weight excluding hydrogens is 243 g/mol. The zero-order chi connectivity index (χ0) is 14.2. The summed E-state index contributed by atoms with van der Waals surface area (Å²) < 4.78 is 14.0. The van der Waals surface area contributed by atoms with Crippen molar-refractivity contribution in [3.05, 3.63) is 29.1 Å². The summed E-state index contributed by atoms with van der Waals surface area (Å²) in [5.74, 6) is -0.457. The van der Waals surface area contributed by atoms with E-state index in [2.05, 4.69) is 4.90 Å². The van der Waals surface area contributed by atoms with E-state index in [4.69, 9.17) is 5.26 Å². The summed E-state index contributed by atoms with van der Waals surface area (Å²) in [4.78, 5) is 2.06. The Kier molecular flexibility index (Phi) is 3.51. The van der Waals surface area contributed by atoms with Gasteiger partial charge in [0.15, 0.2) is 0 Å². The molecule has 1 heterocycles. The molecule has 0 aromatic heterocycles. The van der Waals surface area contributed by atoms with Crippen LogP contribution in [0.15, 0.2) is 12.1 Å². The highest BCUT2D eigenvalue weighted by Crippen LogP contribution is 2.36. The Hall–Kier alpha value is -1.60. The average Bonchev–Trinajstić information content (AvgIpc) is 2.67. The van der Waals surface area contributed by atoms with Gasteiger partial charge in [-0.3, -0.25) is 0 Å². The zero-order valence-electron chi connectivity index (χ0n) is 11.6. The summed E-state index contributed by atoms with van der Waals surface area (Å²) >= 11 is 0. The van der Waals surface area contributed by atoms with Gasteiger partial charge in [0.2, 0.25) is 0 Å². The first-order chi connectivity index (χ1) is 8.92. The van der Waals surface area contributed by atoms with Crippen LogP contribution in [0.5, 0.6) is 0 Å². The van der Waals surface area contributed by atoms with Crippen LogP contribution in [0.1, 0.15) is 37.8 Å². The normalized spacial score (nSPS) is 26.5. The van der Waals surface area contributed by atoms with Crippen molar-refractivity contribution in [1.82, 2.24) is 0 Å². The highest BCUT2D eigenvalue weighted by molar-refractivity contribution is 5.59. The molecule has 1 N–H and O–H groups in total. The molecule has 1 aliphatic heterocycles. The zero-order valence-corrected chi connectivity index (χ0v) is 11.6. The Balaban J connectivity index is 2.44. The van der Waals surface area contributed by atoms with Gasteiger partial charge in [-0.05, 0) is 38.8 Å². The second-order valence-corrected chi connectivity index (χ2v) is 5.41. The first kappa shape index (κ1) is 13.8. The summed E-state index contributed by atoms with van der Waals surface area (Å²) in [5.41, 5.74) is 0.586. The fraction of sp³-hybridized carbons (Fsp3) is 0.533. The van der Waals surface area contributed by atoms with Gasteiger partial charge in [-0.25, -0.2) is 4.39 Å². The number of halogens is 1. The van der Waals surface area contributed by atoms with Crippen molar-refractivity contribution in [1.29, 1.82) is 5.26 Å². The van der Waals surface area contributed by atoms with Crippen LogP contribution < -0.4 is 4.90 Å². The predicted molar refractivity (Wildman–Crippen MR) is 72.5 cm³/mol. The largest absolute Gasteiger partial charge is 0.388 e. The second kappa shape index (κ2) is 4.82. The lowest BCUT2D eigenvalue weighted by atomic mass is 9.95. The van der Waals surface area contributed by atoms with E-state index in [0.29, 0.717) is 18.5 Å². The first-order valence-electron chi connectivity index (χ1n) is 6.60. The van der Waals surface area contributed by atoms with E-state index < -0.39 is 11.4 Å². The number of hydrogen-bond acceptors (Lipinski definition) is 3. The molecule has 1 aliphatic rings. The Morgan fingerprint density at radius 3 is 2.84 bits per heavy atom. The van der Waals surface area contributed by atoms with Crippen molar-refractivity contribution < 1.29 is 9.50 Å². The monoisotopic (exact) mass is 262 g/mol. The number of nitrogens with zero attached hydrogens (tertiary/aromatic N) is 2. The van der Waals surface area contributed by atoms with Crippen LogP contribution in [0.4, 0.5) is 10.1 Å². The van der Waals surface area contributed by atoms with E-state index in [0.717, 1.165) is 12.1 Å². The van der Waals surface area contributed by atoms with Crippen LogP contribution in [0.3, 0.4) is 0 Å². The van der Waals surface area contributed by atoms with E-state index in [1.165, 1.54) is 6.07 Å². The molecule has 3 nitrogen and oxygen atoms in total. The Morgan fingerprint density at radius 1 is 1.58 bits per heavy atom. The maximum Gasteiger partial charge on any atom is 0.145 e. The fourth-order valence-corrected chi connectivity index (χ4v) is 3.03. The number of benzene rings is 1. The molecule has 1 saturated heterocycles. The third-order valence-electron chi connectivity index (χ3n) is 4.13. The molecular formula is C15H19FN2O. The third kappa shape index (κ3) is 2.19. The average molecular weight is 262 g/mol. The van der Waals surface area contributed by atoms with Crippen molar-refractivity contribution in [3.8, 4) is 6.07 Å². The Morgan fingerprint density at radius 2 is 2.26 bits per heavy atom. The van der Waals surface area contributed by atoms with Gasteiger partial charge >= 0.3 is 0 Å². The molecule has 1 aromatic rings. The van der Waals surface area contributed by atoms with Gasteiger partial charge in [0.05, 0.1) is 17.2 Å². The molecule has 2 atom stereocenters. The maximum absolute atomic E-state index is 14.0. The van der Waals surface area contributed by atoms with Gasteiger partial charge in [-0.1, -0.05) is 6.92 Å². The quantitative estimate of drug-likeness (QED) is 0.891. The number of rotatable bonds is 2. The predicted octanol–water partition coefficient (Wildman–Crippen LogP) is 2.75. The Labute approximate surface area is 113 Å². The third-order valence-corrected chi connectivity index (χ3v) is 4.13. The van der Waals surface area contributed by atoms with Gasteiger partial charge in [-0.15, -0.1) is 0 Å². The number of nitriles is 1. The lowest BCUT2D eigenvalue weighted by Gasteiger charge is -2.33. The summed E-state index contributed by atoms with van der Waals surface area (Å²) in [7, 11) is 0. The molecule has 1 aromatic carbocycles. The van der Waals surface area contributed by atoms with Crippen LogP contribution in [-0.2, 0) is 0 Å². The first-order valence-corrected chi connectivity index (χ1v) is 6.60. The molecule has 0 aliphatic carbocycles. The summed E-state index contributed by atoms with van der Waals surface area (Å²) in [6.07, 6.45) is 1.47. The summed E-state index contributed by atoms with van der Waals surface area (Å²) in [6, 6.07) is 5.13. The van der Waals surface area contributed by atoms with E-state index >= 15 is 0 Å². The molecule has 102 valence electrons. The van der Waals surface area contributed by atoms with Gasteiger partial charge < -0.3 is 10.0 Å². The minimum absolute atomic E-state index is 0.0152. The number of aliphatic hydroxyl groups is 1. The van der Waals surface area contributed by atoms with E-state index in [-0.39, 0.29) is 11.6 Å². The lowest BCUT2D eigenvalue weighted by molar-refractivity contribution is 0.0501. The molecule has 2 unspecified atom stereocenters. The van der Waals surface area contributed by atoms with Gasteiger partial charge in [0.1, 0.15) is 11.9 Å². The highest BCUT2D eigenvalue weighted by Gasteiger charge is 2.41. The molecule has 0 amide bonds. The molecule has 0 bridgehead atoms. The molecule has 0 radical (unpaired) electrons. The fourth-order valence-electron chi connectivity index (χ4n) is 3.03. The molecule has 1 fully saturated rings. The van der Waals surface area contributed by atoms with Crippen molar-refractivity contribution in [3.63, 3.8) is 0 Å². The lowest BCUT2D eigenvalue weighted by Crippen LogP contribution is -2.42. The van der Waals surface area contributed by atoms with Crippen molar-refractivity contribution >= 4 is 5.69 Å². The van der Waals surface area contributed by atoms with Crippen molar-refractivity contribution in [2.24, 2.45) is 0 Å². The van der Waals surface area contributed by atoms with Crippen LogP contribution in [0.2, 0.25) is 0 Å². The van der Waals surface area contributed by atoms with Crippen LogP contribution in [-0.4, -0.2) is 23.3 Å². The van der Waals surface area contributed by atoms with Crippen molar-refractivity contribution in [2.75, 3.05) is 11.4 Å². The SMILES string of the molecule is CCC1N(c2ccc(C#N)c(F)c2C)CCC1(C)O. The van der Waals surface area contributed by atoms with E-state index in [9.17, 15) is 9.50 Å².